The highest BCUT2D eigenvalue weighted by atomic mass is 19.4. The molecule has 5 heterocycles. The molecule has 182 valence electrons. The maximum atomic E-state index is 13.4. The number of rotatable bonds is 3. The molecule has 1 spiro atoms. The summed E-state index contributed by atoms with van der Waals surface area (Å²) in [5.41, 5.74) is -0.770. The van der Waals surface area contributed by atoms with Crippen molar-refractivity contribution in [3.63, 3.8) is 0 Å². The highest BCUT2D eigenvalue weighted by Gasteiger charge is 2.50. The Balaban J connectivity index is 1.34. The molecule has 0 N–H and O–H groups in total. The predicted molar refractivity (Wildman–Crippen MR) is 109 cm³/mol. The summed E-state index contributed by atoms with van der Waals surface area (Å²) in [6, 6.07) is 0. The molecule has 5 rings (SSSR count). The van der Waals surface area contributed by atoms with Crippen molar-refractivity contribution in [2.24, 2.45) is 5.41 Å². The molecule has 34 heavy (non-hydrogen) atoms. The molecule has 8 nitrogen and oxygen atoms in total. The van der Waals surface area contributed by atoms with Crippen LogP contribution in [0.3, 0.4) is 0 Å². The molecule has 0 bridgehead atoms. The second kappa shape index (κ2) is 7.40. The van der Waals surface area contributed by atoms with Gasteiger partial charge in [-0.05, 0) is 20.3 Å². The van der Waals surface area contributed by atoms with Crippen LogP contribution in [0, 0.1) is 19.3 Å². The molecule has 0 unspecified atom stereocenters. The van der Waals surface area contributed by atoms with Gasteiger partial charge in [-0.25, -0.2) is 19.6 Å². The summed E-state index contributed by atoms with van der Waals surface area (Å²) in [4.78, 5) is 19.6. The third kappa shape index (κ3) is 3.98. The van der Waals surface area contributed by atoms with Gasteiger partial charge in [-0.2, -0.15) is 36.4 Å². The van der Waals surface area contributed by atoms with Crippen LogP contribution < -0.4 is 9.80 Å². The lowest BCUT2D eigenvalue weighted by Crippen LogP contribution is -2.58. The molecule has 0 amide bonds. The summed E-state index contributed by atoms with van der Waals surface area (Å²) in [6.07, 6.45) is -5.68. The average Bonchev–Trinajstić information content (AvgIpc) is 3.27. The van der Waals surface area contributed by atoms with Crippen molar-refractivity contribution in [1.82, 2.24) is 29.7 Å². The van der Waals surface area contributed by atoms with Gasteiger partial charge < -0.3 is 9.80 Å². The molecular weight excluding hydrogens is 466 g/mol. The van der Waals surface area contributed by atoms with Crippen molar-refractivity contribution in [1.29, 1.82) is 0 Å². The van der Waals surface area contributed by atoms with Gasteiger partial charge in [-0.1, -0.05) is 0 Å². The van der Waals surface area contributed by atoms with E-state index in [4.69, 9.17) is 0 Å². The first-order valence-corrected chi connectivity index (χ1v) is 10.5. The summed E-state index contributed by atoms with van der Waals surface area (Å²) < 4.78 is 80.0. The van der Waals surface area contributed by atoms with E-state index in [1.54, 1.807) is 11.8 Å². The van der Waals surface area contributed by atoms with Gasteiger partial charge in [0.25, 0.3) is 0 Å². The molecule has 2 fully saturated rings. The van der Waals surface area contributed by atoms with Crippen LogP contribution in [-0.2, 0) is 12.7 Å². The molecule has 0 saturated carbocycles. The Morgan fingerprint density at radius 1 is 0.941 bits per heavy atom. The Labute approximate surface area is 189 Å². The van der Waals surface area contributed by atoms with E-state index in [-0.39, 0.29) is 28.5 Å². The zero-order valence-corrected chi connectivity index (χ0v) is 18.2. The lowest BCUT2D eigenvalue weighted by molar-refractivity contribution is -0.142. The lowest BCUT2D eigenvalue weighted by atomic mass is 9.78. The third-order valence-corrected chi connectivity index (χ3v) is 6.26. The van der Waals surface area contributed by atoms with Gasteiger partial charge in [0.2, 0.25) is 5.95 Å². The molecule has 3 aromatic heterocycles. The number of nitrogens with zero attached hydrogens (tertiary/aromatic N) is 8. The van der Waals surface area contributed by atoms with Gasteiger partial charge >= 0.3 is 12.4 Å². The Morgan fingerprint density at radius 3 is 2.32 bits per heavy atom. The van der Waals surface area contributed by atoms with Crippen LogP contribution in [0.4, 0.5) is 38.0 Å². The van der Waals surface area contributed by atoms with Crippen molar-refractivity contribution >= 4 is 22.7 Å². The quantitative estimate of drug-likeness (QED) is 0.525. The van der Waals surface area contributed by atoms with Gasteiger partial charge in [-0.3, -0.25) is 0 Å². The molecule has 0 atom stereocenters. The highest BCUT2D eigenvalue weighted by molar-refractivity contribution is 5.78. The van der Waals surface area contributed by atoms with Crippen molar-refractivity contribution in [2.75, 3.05) is 36.0 Å². The SMILES string of the molecule is Cc1ncc(N2CC3(CCN(c4ncc5c(C)nn(CC(F)(F)F)c5n4)C3)C2)c(C(F)(F)F)n1. The summed E-state index contributed by atoms with van der Waals surface area (Å²) in [5, 5.41) is 4.38. The molecule has 2 saturated heterocycles. The summed E-state index contributed by atoms with van der Waals surface area (Å²) >= 11 is 0. The summed E-state index contributed by atoms with van der Waals surface area (Å²) in [6.45, 7) is 3.53. The van der Waals surface area contributed by atoms with Crippen LogP contribution in [0.15, 0.2) is 12.4 Å². The van der Waals surface area contributed by atoms with Gasteiger partial charge in [-0.15, -0.1) is 0 Å². The molecule has 2 aliphatic rings. The smallest absolute Gasteiger partial charge is 0.367 e. The van der Waals surface area contributed by atoms with Crippen molar-refractivity contribution in [3.8, 4) is 0 Å². The van der Waals surface area contributed by atoms with Crippen LogP contribution in [0.2, 0.25) is 0 Å². The molecule has 3 aromatic rings. The van der Waals surface area contributed by atoms with Crippen molar-refractivity contribution in [2.45, 2.75) is 39.2 Å². The average molecular weight is 486 g/mol. The number of halogens is 6. The van der Waals surface area contributed by atoms with E-state index in [0.29, 0.717) is 43.7 Å². The Morgan fingerprint density at radius 2 is 1.65 bits per heavy atom. The normalized spacial score (nSPS) is 18.2. The minimum atomic E-state index is -4.59. The summed E-state index contributed by atoms with van der Waals surface area (Å²) in [7, 11) is 0. The minimum absolute atomic E-state index is 0.0471. The topological polar surface area (TPSA) is 75.9 Å². The van der Waals surface area contributed by atoms with E-state index >= 15 is 0 Å². The van der Waals surface area contributed by atoms with E-state index in [9.17, 15) is 26.3 Å². The Bertz CT molecular complexity index is 1240. The third-order valence-electron chi connectivity index (χ3n) is 6.26. The number of anilines is 2. The molecule has 0 aliphatic carbocycles. The van der Waals surface area contributed by atoms with E-state index in [1.165, 1.54) is 19.3 Å². The Kier molecular flexibility index (Phi) is 4.92. The minimum Gasteiger partial charge on any atom is -0.367 e. The largest absolute Gasteiger partial charge is 0.435 e. The standard InChI is InChI=1S/C20H20F6N8/c1-11-13-5-28-17(30-16(13)34(31-11)10-19(21,22)23)32-4-3-18(7-32)8-33(9-18)14-6-27-12(2)29-15(14)20(24,25)26/h5-6H,3-4,7-10H2,1-2H3. The van der Waals surface area contributed by atoms with Crippen LogP contribution in [0.1, 0.15) is 23.6 Å². The molecule has 0 radical (unpaired) electrons. The van der Waals surface area contributed by atoms with E-state index in [2.05, 4.69) is 25.0 Å². The first kappa shape index (κ1) is 22.6. The van der Waals surface area contributed by atoms with Crippen molar-refractivity contribution < 1.29 is 26.3 Å². The number of alkyl halides is 6. The number of hydrogen-bond donors (Lipinski definition) is 0. The predicted octanol–water partition coefficient (Wildman–Crippen LogP) is 3.53. The number of aromatic nitrogens is 6. The van der Waals surface area contributed by atoms with Crippen LogP contribution in [0.5, 0.6) is 0 Å². The van der Waals surface area contributed by atoms with Gasteiger partial charge in [0.1, 0.15) is 12.4 Å². The monoisotopic (exact) mass is 486 g/mol. The molecule has 0 aromatic carbocycles. The number of aryl methyl sites for hydroxylation is 2. The number of fused-ring (bicyclic) bond motifs is 1. The first-order valence-electron chi connectivity index (χ1n) is 10.5. The van der Waals surface area contributed by atoms with E-state index in [1.807, 2.05) is 4.90 Å². The fourth-order valence-electron chi connectivity index (χ4n) is 4.73. The highest BCUT2D eigenvalue weighted by Crippen LogP contribution is 2.45. The fourth-order valence-corrected chi connectivity index (χ4v) is 4.73. The van der Waals surface area contributed by atoms with Crippen LogP contribution in [0.25, 0.3) is 11.0 Å². The Hall–Kier alpha value is -3.19. The summed E-state index contributed by atoms with van der Waals surface area (Å²) in [5.74, 6) is 0.326. The van der Waals surface area contributed by atoms with Crippen LogP contribution >= 0.6 is 0 Å². The fraction of sp³-hybridized carbons (Fsp3) is 0.550. The lowest BCUT2D eigenvalue weighted by Gasteiger charge is -2.49. The van der Waals surface area contributed by atoms with Crippen LogP contribution in [-0.4, -0.2) is 62.1 Å². The second-order valence-corrected chi connectivity index (χ2v) is 8.94. The second-order valence-electron chi connectivity index (χ2n) is 8.94. The maximum absolute atomic E-state index is 13.4. The zero-order chi connectivity index (χ0) is 24.5. The zero-order valence-electron chi connectivity index (χ0n) is 18.2. The maximum Gasteiger partial charge on any atom is 0.435 e. The van der Waals surface area contributed by atoms with E-state index in [0.717, 1.165) is 4.68 Å². The van der Waals surface area contributed by atoms with Gasteiger partial charge in [0, 0.05) is 37.8 Å². The van der Waals surface area contributed by atoms with Gasteiger partial charge in [0.15, 0.2) is 11.3 Å². The number of hydrogen-bond acceptors (Lipinski definition) is 7. The van der Waals surface area contributed by atoms with Crippen molar-refractivity contribution in [3.05, 3.63) is 29.6 Å². The molecule has 2 aliphatic heterocycles. The van der Waals surface area contributed by atoms with Gasteiger partial charge in [0.05, 0.1) is 23.0 Å². The first-order chi connectivity index (χ1) is 15.8. The molecule has 14 heteroatoms. The van der Waals surface area contributed by atoms with E-state index < -0.39 is 24.6 Å². The molecular formula is C20H20F6N8.